The number of carbonyl (C=O) groups is 1. The summed E-state index contributed by atoms with van der Waals surface area (Å²) in [4.78, 5) is 16.7. The second kappa shape index (κ2) is 6.59. The van der Waals surface area contributed by atoms with E-state index in [2.05, 4.69) is 15.5 Å². The van der Waals surface area contributed by atoms with E-state index in [1.807, 2.05) is 12.1 Å². The Kier molecular flexibility index (Phi) is 4.29. The van der Waals surface area contributed by atoms with Gasteiger partial charge in [-0.2, -0.15) is 4.98 Å². The summed E-state index contributed by atoms with van der Waals surface area (Å²) in [5.74, 6) is 1.55. The monoisotopic (exact) mass is 341 g/mol. The van der Waals surface area contributed by atoms with Crippen LogP contribution in [0.15, 0.2) is 28.8 Å². The van der Waals surface area contributed by atoms with E-state index < -0.39 is 5.60 Å². The summed E-state index contributed by atoms with van der Waals surface area (Å²) in [6.07, 6.45) is 6.98. The molecule has 0 atom stereocenters. The Morgan fingerprint density at radius 3 is 2.60 bits per heavy atom. The highest BCUT2D eigenvalue weighted by atomic mass is 16.5. The number of aromatic nitrogens is 2. The molecule has 4 rings (SSSR count). The summed E-state index contributed by atoms with van der Waals surface area (Å²) in [5.41, 5.74) is 0.614. The highest BCUT2D eigenvalue weighted by Gasteiger charge is 2.30. The standard InChI is InChI=1S/C19H23N3O3/c23-17(20-12-19(24)10-2-1-3-11-19)14-6-8-15(9-7-14)18-21-16(22-25-18)13-4-5-13/h6-9,13,24H,1-5,10-12H2,(H,20,23). The van der Waals surface area contributed by atoms with Crippen LogP contribution in [0, 0.1) is 0 Å². The SMILES string of the molecule is O=C(NCC1(O)CCCCC1)c1ccc(-c2nc(C3CC3)no2)cc1. The Bertz CT molecular complexity index is 744. The first-order chi connectivity index (χ1) is 12.1. The Morgan fingerprint density at radius 1 is 1.20 bits per heavy atom. The molecule has 2 aromatic rings. The summed E-state index contributed by atoms with van der Waals surface area (Å²) in [5, 5.41) is 17.3. The van der Waals surface area contributed by atoms with Crippen LogP contribution in [0.5, 0.6) is 0 Å². The van der Waals surface area contributed by atoms with Gasteiger partial charge in [-0.1, -0.05) is 24.4 Å². The zero-order chi connectivity index (χ0) is 17.3. The van der Waals surface area contributed by atoms with E-state index in [9.17, 15) is 9.90 Å². The maximum absolute atomic E-state index is 12.3. The average Bonchev–Trinajstić information content (AvgIpc) is 3.38. The molecule has 2 N–H and O–H groups in total. The van der Waals surface area contributed by atoms with Gasteiger partial charge in [0, 0.05) is 23.6 Å². The van der Waals surface area contributed by atoms with Crippen LogP contribution in [0.1, 0.15) is 67.0 Å². The molecule has 6 nitrogen and oxygen atoms in total. The number of nitrogens with zero attached hydrogens (tertiary/aromatic N) is 2. The van der Waals surface area contributed by atoms with Crippen LogP contribution >= 0.6 is 0 Å². The highest BCUT2D eigenvalue weighted by Crippen LogP contribution is 2.38. The maximum Gasteiger partial charge on any atom is 0.257 e. The molecule has 2 aliphatic rings. The molecular weight excluding hydrogens is 318 g/mol. The van der Waals surface area contributed by atoms with Gasteiger partial charge >= 0.3 is 0 Å². The van der Waals surface area contributed by atoms with Crippen LogP contribution in [-0.2, 0) is 0 Å². The molecule has 1 amide bonds. The van der Waals surface area contributed by atoms with Gasteiger partial charge in [0.05, 0.1) is 5.60 Å². The minimum atomic E-state index is -0.753. The third-order valence-electron chi connectivity index (χ3n) is 5.14. The maximum atomic E-state index is 12.3. The summed E-state index contributed by atoms with van der Waals surface area (Å²) >= 11 is 0. The lowest BCUT2D eigenvalue weighted by atomic mass is 9.85. The molecule has 6 heteroatoms. The second-order valence-electron chi connectivity index (χ2n) is 7.28. The van der Waals surface area contributed by atoms with Crippen molar-refractivity contribution in [3.05, 3.63) is 35.7 Å². The van der Waals surface area contributed by atoms with Crippen molar-refractivity contribution in [3.63, 3.8) is 0 Å². The lowest BCUT2D eigenvalue weighted by molar-refractivity contribution is 0.00526. The van der Waals surface area contributed by atoms with Crippen LogP contribution in [-0.4, -0.2) is 33.3 Å². The van der Waals surface area contributed by atoms with Gasteiger partial charge in [-0.05, 0) is 49.9 Å². The number of benzene rings is 1. The van der Waals surface area contributed by atoms with E-state index in [1.54, 1.807) is 12.1 Å². The molecule has 0 radical (unpaired) electrons. The molecule has 0 bridgehead atoms. The Morgan fingerprint density at radius 2 is 1.92 bits per heavy atom. The molecule has 0 spiro atoms. The number of hydrogen-bond donors (Lipinski definition) is 2. The summed E-state index contributed by atoms with van der Waals surface area (Å²) in [7, 11) is 0. The molecule has 25 heavy (non-hydrogen) atoms. The fraction of sp³-hybridized carbons (Fsp3) is 0.526. The quantitative estimate of drug-likeness (QED) is 0.873. The van der Waals surface area contributed by atoms with E-state index in [0.29, 0.717) is 23.9 Å². The van der Waals surface area contributed by atoms with Crippen molar-refractivity contribution in [1.82, 2.24) is 15.5 Å². The molecular formula is C19H23N3O3. The molecule has 2 saturated carbocycles. The molecule has 132 valence electrons. The minimum Gasteiger partial charge on any atom is -0.388 e. The van der Waals surface area contributed by atoms with Crippen molar-refractivity contribution in [2.75, 3.05) is 6.54 Å². The van der Waals surface area contributed by atoms with Gasteiger partial charge in [0.1, 0.15) is 0 Å². The number of aliphatic hydroxyl groups is 1. The third-order valence-corrected chi connectivity index (χ3v) is 5.14. The molecule has 2 fully saturated rings. The Balaban J connectivity index is 1.38. The molecule has 2 aliphatic carbocycles. The number of carbonyl (C=O) groups excluding carboxylic acids is 1. The van der Waals surface area contributed by atoms with Crippen molar-refractivity contribution < 1.29 is 14.4 Å². The molecule has 1 aromatic carbocycles. The number of amides is 1. The summed E-state index contributed by atoms with van der Waals surface area (Å²) in [6.45, 7) is 0.308. The van der Waals surface area contributed by atoms with Gasteiger partial charge in [0.25, 0.3) is 11.8 Å². The molecule has 0 saturated heterocycles. The zero-order valence-corrected chi connectivity index (χ0v) is 14.2. The van der Waals surface area contributed by atoms with Gasteiger partial charge in [-0.3, -0.25) is 4.79 Å². The molecule has 1 aromatic heterocycles. The van der Waals surface area contributed by atoms with Crippen LogP contribution in [0.3, 0.4) is 0 Å². The van der Waals surface area contributed by atoms with Crippen molar-refractivity contribution in [1.29, 1.82) is 0 Å². The number of nitrogens with one attached hydrogen (secondary N) is 1. The van der Waals surface area contributed by atoms with E-state index in [-0.39, 0.29) is 5.91 Å². The highest BCUT2D eigenvalue weighted by molar-refractivity contribution is 5.94. The van der Waals surface area contributed by atoms with Gasteiger partial charge in [-0.25, -0.2) is 0 Å². The van der Waals surface area contributed by atoms with Gasteiger partial charge < -0.3 is 14.9 Å². The van der Waals surface area contributed by atoms with E-state index in [0.717, 1.165) is 56.3 Å². The smallest absolute Gasteiger partial charge is 0.257 e. The second-order valence-corrected chi connectivity index (χ2v) is 7.28. The zero-order valence-electron chi connectivity index (χ0n) is 14.2. The Hall–Kier alpha value is -2.21. The van der Waals surface area contributed by atoms with E-state index in [4.69, 9.17) is 4.52 Å². The van der Waals surface area contributed by atoms with Crippen LogP contribution in [0.4, 0.5) is 0 Å². The molecule has 0 aliphatic heterocycles. The summed E-state index contributed by atoms with van der Waals surface area (Å²) < 4.78 is 5.30. The van der Waals surface area contributed by atoms with Crippen molar-refractivity contribution in [2.24, 2.45) is 0 Å². The average molecular weight is 341 g/mol. The largest absolute Gasteiger partial charge is 0.388 e. The Labute approximate surface area is 146 Å². The lowest BCUT2D eigenvalue weighted by Gasteiger charge is -2.32. The van der Waals surface area contributed by atoms with Crippen molar-refractivity contribution in [2.45, 2.75) is 56.5 Å². The van der Waals surface area contributed by atoms with Gasteiger partial charge in [0.2, 0.25) is 0 Å². The van der Waals surface area contributed by atoms with E-state index in [1.165, 1.54) is 0 Å². The van der Waals surface area contributed by atoms with Crippen LogP contribution in [0.2, 0.25) is 0 Å². The normalized spacial score (nSPS) is 19.6. The topological polar surface area (TPSA) is 88.2 Å². The first-order valence-electron chi connectivity index (χ1n) is 9.08. The predicted molar refractivity (Wildman–Crippen MR) is 92.1 cm³/mol. The number of rotatable bonds is 5. The number of hydrogen-bond acceptors (Lipinski definition) is 5. The molecule has 1 heterocycles. The minimum absolute atomic E-state index is 0.172. The fourth-order valence-corrected chi connectivity index (χ4v) is 3.36. The molecule has 0 unspecified atom stereocenters. The third kappa shape index (κ3) is 3.74. The predicted octanol–water partition coefficient (Wildman–Crippen LogP) is 3.04. The van der Waals surface area contributed by atoms with Crippen molar-refractivity contribution in [3.8, 4) is 11.5 Å². The van der Waals surface area contributed by atoms with Gasteiger partial charge in [0.15, 0.2) is 5.82 Å². The first kappa shape index (κ1) is 16.3. The summed E-state index contributed by atoms with van der Waals surface area (Å²) in [6, 6.07) is 7.12. The van der Waals surface area contributed by atoms with Gasteiger partial charge in [-0.15, -0.1) is 0 Å². The lowest BCUT2D eigenvalue weighted by Crippen LogP contribution is -2.44. The first-order valence-corrected chi connectivity index (χ1v) is 9.08. The van der Waals surface area contributed by atoms with Crippen LogP contribution in [0.25, 0.3) is 11.5 Å². The van der Waals surface area contributed by atoms with Crippen molar-refractivity contribution >= 4 is 5.91 Å². The fourth-order valence-electron chi connectivity index (χ4n) is 3.36. The van der Waals surface area contributed by atoms with Crippen LogP contribution < -0.4 is 5.32 Å². The van der Waals surface area contributed by atoms with E-state index >= 15 is 0 Å².